The highest BCUT2D eigenvalue weighted by atomic mass is 35.5. The lowest BCUT2D eigenvalue weighted by Gasteiger charge is -2.22. The standard InChI is InChI=1S/C25H26ClNO3/c1-16-11-12-18(26)13-22(16)27-25(29)21-14-23(30-15-17-7-3-2-4-8-17)19-9-5-6-10-20(19)24(21)28/h5-6,9-14,17,28H,2-4,7-8,15H2,1H3,(H,27,29). The van der Waals surface area contributed by atoms with E-state index in [1.165, 1.54) is 32.1 Å². The molecule has 0 spiro atoms. The minimum atomic E-state index is -0.397. The van der Waals surface area contributed by atoms with Crippen molar-refractivity contribution in [2.45, 2.75) is 39.0 Å². The zero-order chi connectivity index (χ0) is 21.1. The minimum absolute atomic E-state index is 0.0483. The Hall–Kier alpha value is -2.72. The van der Waals surface area contributed by atoms with Crippen LogP contribution in [0.2, 0.25) is 5.02 Å². The van der Waals surface area contributed by atoms with E-state index < -0.39 is 5.91 Å². The van der Waals surface area contributed by atoms with Gasteiger partial charge in [0.05, 0.1) is 12.2 Å². The van der Waals surface area contributed by atoms with E-state index in [2.05, 4.69) is 5.32 Å². The number of fused-ring (bicyclic) bond motifs is 1. The summed E-state index contributed by atoms with van der Waals surface area (Å²) in [7, 11) is 0. The van der Waals surface area contributed by atoms with Gasteiger partial charge in [0.15, 0.2) is 0 Å². The van der Waals surface area contributed by atoms with Gasteiger partial charge in [-0.25, -0.2) is 0 Å². The van der Waals surface area contributed by atoms with Crippen LogP contribution >= 0.6 is 11.6 Å². The number of benzene rings is 3. The van der Waals surface area contributed by atoms with E-state index in [9.17, 15) is 9.90 Å². The summed E-state index contributed by atoms with van der Waals surface area (Å²) < 4.78 is 6.19. The Kier molecular flexibility index (Phi) is 6.14. The molecule has 0 bridgehead atoms. The number of aryl methyl sites for hydroxylation is 1. The molecule has 4 rings (SSSR count). The number of amides is 1. The summed E-state index contributed by atoms with van der Waals surface area (Å²) >= 11 is 6.08. The van der Waals surface area contributed by atoms with Crippen molar-refractivity contribution in [2.24, 2.45) is 5.92 Å². The number of aromatic hydroxyl groups is 1. The van der Waals surface area contributed by atoms with E-state index in [1.54, 1.807) is 24.3 Å². The predicted octanol–water partition coefficient (Wildman–Crippen LogP) is 6.72. The van der Waals surface area contributed by atoms with Crippen LogP contribution in [0, 0.1) is 12.8 Å². The van der Waals surface area contributed by atoms with Crippen molar-refractivity contribution in [3.05, 3.63) is 64.7 Å². The molecule has 30 heavy (non-hydrogen) atoms. The van der Waals surface area contributed by atoms with Crippen molar-refractivity contribution in [3.63, 3.8) is 0 Å². The van der Waals surface area contributed by atoms with E-state index in [1.807, 2.05) is 31.2 Å². The predicted molar refractivity (Wildman–Crippen MR) is 122 cm³/mol. The Morgan fingerprint density at radius 1 is 1.10 bits per heavy atom. The molecule has 3 aromatic carbocycles. The lowest BCUT2D eigenvalue weighted by molar-refractivity contribution is 0.102. The van der Waals surface area contributed by atoms with E-state index >= 15 is 0 Å². The molecule has 1 aliphatic rings. The Bertz CT molecular complexity index is 1070. The molecule has 0 aromatic heterocycles. The molecule has 1 saturated carbocycles. The SMILES string of the molecule is Cc1ccc(Cl)cc1NC(=O)c1cc(OCC2CCCCC2)c2ccccc2c1O. The summed E-state index contributed by atoms with van der Waals surface area (Å²) in [6.45, 7) is 2.52. The first-order valence-electron chi connectivity index (χ1n) is 10.5. The Morgan fingerprint density at radius 3 is 2.60 bits per heavy atom. The molecule has 0 saturated heterocycles. The van der Waals surface area contributed by atoms with Gasteiger partial charge in [-0.15, -0.1) is 0 Å². The number of anilines is 1. The van der Waals surface area contributed by atoms with Crippen LogP contribution in [-0.2, 0) is 0 Å². The van der Waals surface area contributed by atoms with Crippen LogP contribution in [0.1, 0.15) is 48.0 Å². The van der Waals surface area contributed by atoms with Gasteiger partial charge in [0, 0.05) is 21.5 Å². The largest absolute Gasteiger partial charge is 0.506 e. The molecule has 0 atom stereocenters. The van der Waals surface area contributed by atoms with Gasteiger partial charge in [-0.05, 0) is 49.4 Å². The number of hydrogen-bond donors (Lipinski definition) is 2. The van der Waals surface area contributed by atoms with Gasteiger partial charge < -0.3 is 15.2 Å². The number of nitrogens with one attached hydrogen (secondary N) is 1. The fourth-order valence-electron chi connectivity index (χ4n) is 4.10. The van der Waals surface area contributed by atoms with Gasteiger partial charge in [0.1, 0.15) is 11.5 Å². The van der Waals surface area contributed by atoms with Gasteiger partial charge in [0.25, 0.3) is 5.91 Å². The Balaban J connectivity index is 1.66. The number of phenolic OH excluding ortho intramolecular Hbond substituents is 1. The molecule has 5 heteroatoms. The van der Waals surface area contributed by atoms with Crippen molar-refractivity contribution in [1.29, 1.82) is 0 Å². The Labute approximate surface area is 181 Å². The van der Waals surface area contributed by atoms with E-state index in [0.29, 0.717) is 34.4 Å². The number of carbonyl (C=O) groups excluding carboxylic acids is 1. The topological polar surface area (TPSA) is 58.6 Å². The van der Waals surface area contributed by atoms with Crippen LogP contribution in [-0.4, -0.2) is 17.6 Å². The molecule has 2 N–H and O–H groups in total. The zero-order valence-corrected chi connectivity index (χ0v) is 17.8. The highest BCUT2D eigenvalue weighted by Crippen LogP contribution is 2.37. The summed E-state index contributed by atoms with van der Waals surface area (Å²) in [5, 5.41) is 15.6. The van der Waals surface area contributed by atoms with Crippen LogP contribution < -0.4 is 10.1 Å². The maximum atomic E-state index is 13.0. The van der Waals surface area contributed by atoms with Gasteiger partial charge in [0.2, 0.25) is 0 Å². The first-order chi connectivity index (χ1) is 14.5. The molecule has 4 nitrogen and oxygen atoms in total. The third-order valence-electron chi connectivity index (χ3n) is 5.87. The number of hydrogen-bond acceptors (Lipinski definition) is 3. The van der Waals surface area contributed by atoms with Crippen molar-refractivity contribution < 1.29 is 14.6 Å². The maximum absolute atomic E-state index is 13.0. The van der Waals surface area contributed by atoms with Gasteiger partial charge >= 0.3 is 0 Å². The molecule has 0 aliphatic heterocycles. The summed E-state index contributed by atoms with van der Waals surface area (Å²) in [5.74, 6) is 0.721. The fraction of sp³-hybridized carbons (Fsp3) is 0.320. The van der Waals surface area contributed by atoms with Gasteiger partial charge in [-0.2, -0.15) is 0 Å². The molecular formula is C25H26ClNO3. The summed E-state index contributed by atoms with van der Waals surface area (Å²) in [5.41, 5.74) is 1.69. The molecule has 1 amide bonds. The number of phenols is 1. The third kappa shape index (κ3) is 4.39. The normalized spacial score (nSPS) is 14.6. The monoisotopic (exact) mass is 423 g/mol. The van der Waals surface area contributed by atoms with Crippen LogP contribution in [0.15, 0.2) is 48.5 Å². The third-order valence-corrected chi connectivity index (χ3v) is 6.11. The van der Waals surface area contributed by atoms with Crippen LogP contribution in [0.25, 0.3) is 10.8 Å². The maximum Gasteiger partial charge on any atom is 0.259 e. The van der Waals surface area contributed by atoms with Crippen molar-refractivity contribution in [3.8, 4) is 11.5 Å². The summed E-state index contributed by atoms with van der Waals surface area (Å²) in [4.78, 5) is 13.0. The molecule has 0 heterocycles. The van der Waals surface area contributed by atoms with Gasteiger partial charge in [-0.3, -0.25) is 4.79 Å². The molecule has 1 aliphatic carbocycles. The highest BCUT2D eigenvalue weighted by molar-refractivity contribution is 6.31. The second kappa shape index (κ2) is 8.97. The summed E-state index contributed by atoms with van der Waals surface area (Å²) in [6.07, 6.45) is 6.15. The van der Waals surface area contributed by atoms with Crippen molar-refractivity contribution in [2.75, 3.05) is 11.9 Å². The first-order valence-corrected chi connectivity index (χ1v) is 10.9. The molecule has 0 radical (unpaired) electrons. The molecule has 0 unspecified atom stereocenters. The average Bonchev–Trinajstić information content (AvgIpc) is 2.76. The van der Waals surface area contributed by atoms with E-state index in [4.69, 9.17) is 16.3 Å². The molecule has 3 aromatic rings. The molecule has 1 fully saturated rings. The highest BCUT2D eigenvalue weighted by Gasteiger charge is 2.20. The second-order valence-corrected chi connectivity index (χ2v) is 8.48. The smallest absolute Gasteiger partial charge is 0.259 e. The quantitative estimate of drug-likeness (QED) is 0.479. The first kappa shape index (κ1) is 20.5. The zero-order valence-electron chi connectivity index (χ0n) is 17.1. The minimum Gasteiger partial charge on any atom is -0.506 e. The summed E-state index contributed by atoms with van der Waals surface area (Å²) in [6, 6.07) is 14.4. The van der Waals surface area contributed by atoms with Gasteiger partial charge in [-0.1, -0.05) is 61.2 Å². The Morgan fingerprint density at radius 2 is 1.83 bits per heavy atom. The molecule has 156 valence electrons. The number of rotatable bonds is 5. The lowest BCUT2D eigenvalue weighted by Crippen LogP contribution is -2.16. The average molecular weight is 424 g/mol. The second-order valence-electron chi connectivity index (χ2n) is 8.04. The number of carbonyl (C=O) groups is 1. The van der Waals surface area contributed by atoms with E-state index in [-0.39, 0.29) is 11.3 Å². The van der Waals surface area contributed by atoms with E-state index in [0.717, 1.165) is 10.9 Å². The number of halogens is 1. The van der Waals surface area contributed by atoms with Crippen molar-refractivity contribution >= 4 is 34.0 Å². The van der Waals surface area contributed by atoms with Crippen LogP contribution in [0.4, 0.5) is 5.69 Å². The lowest BCUT2D eigenvalue weighted by atomic mass is 9.90. The van der Waals surface area contributed by atoms with Crippen LogP contribution in [0.5, 0.6) is 11.5 Å². The number of ether oxygens (including phenoxy) is 1. The molecular weight excluding hydrogens is 398 g/mol. The fourth-order valence-corrected chi connectivity index (χ4v) is 4.27. The van der Waals surface area contributed by atoms with Crippen molar-refractivity contribution in [1.82, 2.24) is 0 Å². The van der Waals surface area contributed by atoms with Crippen LogP contribution in [0.3, 0.4) is 0 Å².